The predicted octanol–water partition coefficient (Wildman–Crippen LogP) is 4.93. The van der Waals surface area contributed by atoms with Gasteiger partial charge in [-0.2, -0.15) is 0 Å². The lowest BCUT2D eigenvalue weighted by Gasteiger charge is -2.27. The van der Waals surface area contributed by atoms with Crippen molar-refractivity contribution in [2.45, 2.75) is 6.92 Å². The van der Waals surface area contributed by atoms with Crippen molar-refractivity contribution < 1.29 is 23.9 Å². The van der Waals surface area contributed by atoms with Crippen LogP contribution in [0.4, 0.5) is 10.5 Å². The lowest BCUT2D eigenvalue weighted by Crippen LogP contribution is -2.54. The summed E-state index contributed by atoms with van der Waals surface area (Å²) in [4.78, 5) is 51.4. The molecular weight excluding hydrogens is 468 g/mol. The van der Waals surface area contributed by atoms with Gasteiger partial charge in [-0.1, -0.05) is 60.1 Å². The van der Waals surface area contributed by atoms with Crippen molar-refractivity contribution >= 4 is 53.3 Å². The molecule has 1 saturated heterocycles. The van der Waals surface area contributed by atoms with Gasteiger partial charge < -0.3 is 4.74 Å². The molecule has 0 radical (unpaired) electrons. The zero-order chi connectivity index (χ0) is 24.9. The van der Waals surface area contributed by atoms with E-state index in [1.165, 1.54) is 18.2 Å². The molecule has 3 aromatic rings. The monoisotopic (exact) mass is 486 g/mol. The summed E-state index contributed by atoms with van der Waals surface area (Å²) in [5, 5.41) is 2.77. The summed E-state index contributed by atoms with van der Waals surface area (Å²) in [7, 11) is 0. The molecule has 0 saturated carbocycles. The molecule has 0 aliphatic carbocycles. The van der Waals surface area contributed by atoms with Crippen LogP contribution in [0, 0.1) is 6.92 Å². The first-order chi connectivity index (χ1) is 16.8. The van der Waals surface area contributed by atoms with Gasteiger partial charge >= 0.3 is 12.0 Å². The second kappa shape index (κ2) is 10.2. The number of hydrogen-bond donors (Lipinski definition) is 1. The van der Waals surface area contributed by atoms with E-state index in [0.717, 1.165) is 10.5 Å². The number of esters is 1. The van der Waals surface area contributed by atoms with Gasteiger partial charge in [-0.15, -0.1) is 0 Å². The third-order valence-electron chi connectivity index (χ3n) is 5.17. The average molecular weight is 487 g/mol. The maximum atomic E-state index is 13.2. The van der Waals surface area contributed by atoms with Crippen LogP contribution in [0.5, 0.6) is 5.75 Å². The average Bonchev–Trinajstić information content (AvgIpc) is 2.83. The van der Waals surface area contributed by atoms with E-state index >= 15 is 0 Å². The molecular formula is C27H19ClN2O5. The van der Waals surface area contributed by atoms with Crippen LogP contribution in [0.2, 0.25) is 5.02 Å². The number of benzene rings is 3. The molecule has 1 N–H and O–H groups in total. The number of urea groups is 1. The molecule has 174 valence electrons. The van der Waals surface area contributed by atoms with Crippen LogP contribution in [0.25, 0.3) is 12.2 Å². The van der Waals surface area contributed by atoms with E-state index in [1.807, 2.05) is 0 Å². The molecule has 4 amide bonds. The number of ether oxygens (including phenoxy) is 1. The number of imide groups is 2. The lowest BCUT2D eigenvalue weighted by molar-refractivity contribution is -0.129. The maximum Gasteiger partial charge on any atom is 0.336 e. The number of carbonyl (C=O) groups excluding carboxylic acids is 4. The minimum atomic E-state index is -0.839. The van der Waals surface area contributed by atoms with Crippen LogP contribution in [-0.2, 0) is 14.4 Å². The number of barbiturate groups is 1. The molecule has 8 heteroatoms. The SMILES string of the molecule is Cc1ccccc1N1C(=O)NC(=O)/C(=C/c2ccccc2OC(=O)/C=C/c2ccc(Cl)cc2)C1=O. The highest BCUT2D eigenvalue weighted by Crippen LogP contribution is 2.27. The Hall–Kier alpha value is -4.49. The minimum Gasteiger partial charge on any atom is -0.423 e. The quantitative estimate of drug-likeness (QED) is 0.239. The highest BCUT2D eigenvalue weighted by molar-refractivity contribution is 6.39. The number of rotatable bonds is 5. The Bertz CT molecular complexity index is 1390. The van der Waals surface area contributed by atoms with E-state index in [0.29, 0.717) is 21.8 Å². The van der Waals surface area contributed by atoms with Gasteiger partial charge in [0.2, 0.25) is 0 Å². The summed E-state index contributed by atoms with van der Waals surface area (Å²) in [6.45, 7) is 1.75. The summed E-state index contributed by atoms with van der Waals surface area (Å²) in [6, 6.07) is 19.3. The van der Waals surface area contributed by atoms with Gasteiger partial charge in [0.1, 0.15) is 11.3 Å². The highest BCUT2D eigenvalue weighted by Gasteiger charge is 2.37. The van der Waals surface area contributed by atoms with E-state index < -0.39 is 23.8 Å². The van der Waals surface area contributed by atoms with Gasteiger partial charge in [-0.25, -0.2) is 14.5 Å². The summed E-state index contributed by atoms with van der Waals surface area (Å²) >= 11 is 5.86. The zero-order valence-electron chi connectivity index (χ0n) is 18.5. The highest BCUT2D eigenvalue weighted by atomic mass is 35.5. The van der Waals surface area contributed by atoms with Crippen molar-refractivity contribution in [3.8, 4) is 5.75 Å². The van der Waals surface area contributed by atoms with E-state index in [-0.39, 0.29) is 11.3 Å². The number of aryl methyl sites for hydroxylation is 1. The van der Waals surface area contributed by atoms with Crippen molar-refractivity contribution in [1.82, 2.24) is 5.32 Å². The Morgan fingerprint density at radius 2 is 1.63 bits per heavy atom. The zero-order valence-corrected chi connectivity index (χ0v) is 19.3. The molecule has 35 heavy (non-hydrogen) atoms. The Morgan fingerprint density at radius 3 is 2.37 bits per heavy atom. The van der Waals surface area contributed by atoms with Gasteiger partial charge in [0.25, 0.3) is 11.8 Å². The number of para-hydroxylation sites is 2. The van der Waals surface area contributed by atoms with Crippen LogP contribution in [0.15, 0.2) is 84.4 Å². The van der Waals surface area contributed by atoms with Crippen LogP contribution in [0.3, 0.4) is 0 Å². The second-order valence-corrected chi connectivity index (χ2v) is 8.02. The Morgan fingerprint density at radius 1 is 0.943 bits per heavy atom. The van der Waals surface area contributed by atoms with Crippen LogP contribution >= 0.6 is 11.6 Å². The Balaban J connectivity index is 1.60. The standard InChI is InChI=1S/C27H19ClN2O5/c1-17-6-2-4-8-22(17)30-26(33)21(25(32)29-27(30)34)16-19-7-3-5-9-23(19)35-24(31)15-12-18-10-13-20(28)14-11-18/h2-16H,1H3,(H,29,32,34)/b15-12+,21-16-. The van der Waals surface area contributed by atoms with Crippen LogP contribution in [-0.4, -0.2) is 23.8 Å². The van der Waals surface area contributed by atoms with Crippen molar-refractivity contribution in [3.05, 3.63) is 106 Å². The van der Waals surface area contributed by atoms with Gasteiger partial charge in [-0.05, 0) is 54.5 Å². The van der Waals surface area contributed by atoms with Gasteiger partial charge in [0.15, 0.2) is 0 Å². The van der Waals surface area contributed by atoms with Crippen LogP contribution < -0.4 is 15.0 Å². The molecule has 0 aromatic heterocycles. The largest absolute Gasteiger partial charge is 0.423 e. The molecule has 0 unspecified atom stereocenters. The third-order valence-corrected chi connectivity index (χ3v) is 5.42. The van der Waals surface area contributed by atoms with Crippen LogP contribution in [0.1, 0.15) is 16.7 Å². The smallest absolute Gasteiger partial charge is 0.336 e. The fraction of sp³-hybridized carbons (Fsp3) is 0.0370. The molecule has 1 fully saturated rings. The normalized spacial score (nSPS) is 15.0. The Kier molecular flexibility index (Phi) is 6.89. The molecule has 1 aliphatic heterocycles. The number of carbonyl (C=O) groups is 4. The first-order valence-electron chi connectivity index (χ1n) is 10.5. The topological polar surface area (TPSA) is 92.8 Å². The molecule has 7 nitrogen and oxygen atoms in total. The summed E-state index contributed by atoms with van der Waals surface area (Å²) in [5.74, 6) is -2.13. The van der Waals surface area contributed by atoms with Crippen molar-refractivity contribution in [2.24, 2.45) is 0 Å². The lowest BCUT2D eigenvalue weighted by atomic mass is 10.1. The Labute approximate surface area is 206 Å². The van der Waals surface area contributed by atoms with Gasteiger partial charge in [-0.3, -0.25) is 14.9 Å². The van der Waals surface area contributed by atoms with Gasteiger partial charge in [0, 0.05) is 16.7 Å². The molecule has 1 heterocycles. The summed E-state index contributed by atoms with van der Waals surface area (Å²) in [6.07, 6.45) is 4.12. The number of amides is 4. The number of halogens is 1. The fourth-order valence-corrected chi connectivity index (χ4v) is 3.55. The number of hydrogen-bond acceptors (Lipinski definition) is 5. The first-order valence-corrected chi connectivity index (χ1v) is 10.9. The molecule has 4 rings (SSSR count). The summed E-state index contributed by atoms with van der Waals surface area (Å²) in [5.41, 5.74) is 1.85. The second-order valence-electron chi connectivity index (χ2n) is 7.59. The van der Waals surface area contributed by atoms with Crippen molar-refractivity contribution in [2.75, 3.05) is 4.90 Å². The van der Waals surface area contributed by atoms with E-state index in [4.69, 9.17) is 16.3 Å². The molecule has 0 spiro atoms. The fourth-order valence-electron chi connectivity index (χ4n) is 3.42. The molecule has 0 atom stereocenters. The minimum absolute atomic E-state index is 0.144. The number of nitrogens with one attached hydrogen (secondary N) is 1. The van der Waals surface area contributed by atoms with Gasteiger partial charge in [0.05, 0.1) is 5.69 Å². The van der Waals surface area contributed by atoms with E-state index in [2.05, 4.69) is 5.32 Å². The first kappa shape index (κ1) is 23.7. The predicted molar refractivity (Wildman–Crippen MR) is 133 cm³/mol. The van der Waals surface area contributed by atoms with Crippen molar-refractivity contribution in [3.63, 3.8) is 0 Å². The van der Waals surface area contributed by atoms with E-state index in [9.17, 15) is 19.2 Å². The number of anilines is 1. The molecule has 1 aliphatic rings. The third kappa shape index (κ3) is 5.37. The molecule has 3 aromatic carbocycles. The summed E-state index contributed by atoms with van der Waals surface area (Å²) < 4.78 is 5.43. The maximum absolute atomic E-state index is 13.2. The number of nitrogens with zero attached hydrogens (tertiary/aromatic N) is 1. The van der Waals surface area contributed by atoms with Crippen molar-refractivity contribution in [1.29, 1.82) is 0 Å². The van der Waals surface area contributed by atoms with E-state index in [1.54, 1.807) is 79.7 Å². The molecule has 0 bridgehead atoms.